The summed E-state index contributed by atoms with van der Waals surface area (Å²) in [4.78, 5) is 2.59. The van der Waals surface area contributed by atoms with E-state index in [2.05, 4.69) is 11.0 Å². The van der Waals surface area contributed by atoms with Gasteiger partial charge in [-0.3, -0.25) is 0 Å². The summed E-state index contributed by atoms with van der Waals surface area (Å²) in [7, 11) is -0.460. The molecule has 5 rings (SSSR count). The number of sulfonamides is 1. The first-order chi connectivity index (χ1) is 22.2. The minimum atomic E-state index is -3.82. The molecule has 1 unspecified atom stereocenters. The molecule has 3 aromatic rings. The van der Waals surface area contributed by atoms with Gasteiger partial charge in [0.2, 0.25) is 10.0 Å². The Morgan fingerprint density at radius 1 is 1.04 bits per heavy atom. The Morgan fingerprint density at radius 2 is 1.80 bits per heavy atom. The maximum Gasteiger partial charge on any atom is 0.243 e. The second kappa shape index (κ2) is 15.6. The van der Waals surface area contributed by atoms with E-state index in [1.165, 1.54) is 0 Å². The Hall–Kier alpha value is -3.15. The van der Waals surface area contributed by atoms with Gasteiger partial charge in [0, 0.05) is 38.8 Å². The molecule has 0 amide bonds. The second-order valence-corrected chi connectivity index (χ2v) is 14.3. The largest absolute Gasteiger partial charge is 0.497 e. The molecule has 1 fully saturated rings. The van der Waals surface area contributed by atoms with E-state index < -0.39 is 22.2 Å². The van der Waals surface area contributed by atoms with Gasteiger partial charge >= 0.3 is 0 Å². The molecule has 3 aromatic carbocycles. The fourth-order valence-corrected chi connectivity index (χ4v) is 8.14. The average Bonchev–Trinajstić information content (AvgIpc) is 3.06. The molecule has 0 aromatic heterocycles. The number of piperidine rings is 1. The molecule has 2 aliphatic rings. The highest BCUT2D eigenvalue weighted by molar-refractivity contribution is 7.89. The molecule has 1 N–H and O–H groups in total. The molecule has 46 heavy (non-hydrogen) atoms. The van der Waals surface area contributed by atoms with E-state index >= 15 is 0 Å². The molecule has 10 heteroatoms. The first kappa shape index (κ1) is 34.2. The van der Waals surface area contributed by atoms with Crippen molar-refractivity contribution in [2.75, 3.05) is 52.0 Å². The van der Waals surface area contributed by atoms with Crippen molar-refractivity contribution in [3.05, 3.63) is 83.4 Å². The number of anilines is 1. The third-order valence-electron chi connectivity index (χ3n) is 9.05. The van der Waals surface area contributed by atoms with Gasteiger partial charge in [0.05, 0.1) is 43.1 Å². The van der Waals surface area contributed by atoms with Gasteiger partial charge in [-0.05, 0) is 87.1 Å². The van der Waals surface area contributed by atoms with Gasteiger partial charge in [0.15, 0.2) is 0 Å². The Kier molecular flexibility index (Phi) is 11.6. The number of methoxy groups -OCH3 is 2. The van der Waals surface area contributed by atoms with Gasteiger partial charge in [-0.2, -0.15) is 4.31 Å². The van der Waals surface area contributed by atoms with Crippen LogP contribution in [0.1, 0.15) is 55.2 Å². The van der Waals surface area contributed by atoms with Gasteiger partial charge in [0.25, 0.3) is 0 Å². The molecular formula is C36H48N2O7S. The SMILES string of the molecule is COCCCN1CCOc2ccc(CO[C@H]3CN(S(=O)(=O)c4ccc(C)cc4)[C@@H](CCC(C)O)C[C@@H]3c3ccc(OC)cc3)cc21. The number of nitrogens with zero attached hydrogens (tertiary/aromatic N) is 2. The first-order valence-electron chi connectivity index (χ1n) is 16.2. The van der Waals surface area contributed by atoms with Crippen LogP contribution in [0, 0.1) is 6.92 Å². The van der Waals surface area contributed by atoms with Crippen LogP contribution in [0.5, 0.6) is 11.5 Å². The fourth-order valence-electron chi connectivity index (χ4n) is 6.47. The molecule has 0 aliphatic carbocycles. The van der Waals surface area contributed by atoms with E-state index in [1.807, 2.05) is 55.5 Å². The van der Waals surface area contributed by atoms with E-state index in [0.29, 0.717) is 39.1 Å². The topological polar surface area (TPSA) is 97.8 Å². The summed E-state index contributed by atoms with van der Waals surface area (Å²) >= 11 is 0. The molecule has 0 radical (unpaired) electrons. The lowest BCUT2D eigenvalue weighted by Crippen LogP contribution is -2.52. The smallest absolute Gasteiger partial charge is 0.243 e. The predicted octanol–water partition coefficient (Wildman–Crippen LogP) is 5.53. The van der Waals surface area contributed by atoms with Crippen LogP contribution in [-0.4, -0.2) is 83.1 Å². The molecule has 0 spiro atoms. The zero-order chi connectivity index (χ0) is 32.7. The number of fused-ring (bicyclic) bond motifs is 1. The third-order valence-corrected chi connectivity index (χ3v) is 11.0. The second-order valence-electron chi connectivity index (χ2n) is 12.4. The molecule has 1 saturated heterocycles. The summed E-state index contributed by atoms with van der Waals surface area (Å²) in [5, 5.41) is 10.2. The third kappa shape index (κ3) is 8.22. The standard InChI is InChI=1S/C36H48N2O7S/c1-26-6-15-32(16-7-26)46(40,41)38-24-36(33(23-30(38)12-8-27(2)39)29-10-13-31(43-4)14-11-29)45-25-28-9-17-35-34(22-28)37(19-21-44-35)18-5-20-42-3/h6-7,9-11,13-17,22,27,30,33,36,39H,5,8,12,18-21,23-25H2,1-4H3/t27?,30-,33+,36-/m0/s1. The Bertz CT molecular complexity index is 1510. The van der Waals surface area contributed by atoms with E-state index in [0.717, 1.165) is 53.4 Å². The van der Waals surface area contributed by atoms with Crippen molar-refractivity contribution in [2.24, 2.45) is 0 Å². The summed E-state index contributed by atoms with van der Waals surface area (Å²) in [6.45, 7) is 7.24. The van der Waals surface area contributed by atoms with Crippen molar-refractivity contribution in [3.63, 3.8) is 0 Å². The number of rotatable bonds is 14. The molecule has 2 aliphatic heterocycles. The van der Waals surface area contributed by atoms with Crippen molar-refractivity contribution < 1.29 is 32.5 Å². The van der Waals surface area contributed by atoms with Crippen LogP contribution in [0.25, 0.3) is 0 Å². The van der Waals surface area contributed by atoms with Crippen molar-refractivity contribution >= 4 is 15.7 Å². The molecule has 2 heterocycles. The Morgan fingerprint density at radius 3 is 2.50 bits per heavy atom. The summed E-state index contributed by atoms with van der Waals surface area (Å²) in [5.41, 5.74) is 4.11. The van der Waals surface area contributed by atoms with Crippen molar-refractivity contribution in [2.45, 2.75) is 75.2 Å². The minimum Gasteiger partial charge on any atom is -0.497 e. The maximum absolute atomic E-state index is 14.2. The lowest BCUT2D eigenvalue weighted by molar-refractivity contribution is -0.0221. The van der Waals surface area contributed by atoms with Gasteiger partial charge < -0.3 is 29.0 Å². The van der Waals surface area contributed by atoms with Crippen LogP contribution >= 0.6 is 0 Å². The quantitative estimate of drug-likeness (QED) is 0.227. The van der Waals surface area contributed by atoms with Crippen LogP contribution in [0.4, 0.5) is 5.69 Å². The summed E-state index contributed by atoms with van der Waals surface area (Å²) in [6, 6.07) is 20.8. The predicted molar refractivity (Wildman–Crippen MR) is 179 cm³/mol. The highest BCUT2D eigenvalue weighted by atomic mass is 32.2. The molecule has 9 nitrogen and oxygen atoms in total. The lowest BCUT2D eigenvalue weighted by Gasteiger charge is -2.43. The van der Waals surface area contributed by atoms with Crippen molar-refractivity contribution in [1.29, 1.82) is 0 Å². The Labute approximate surface area is 274 Å². The zero-order valence-corrected chi connectivity index (χ0v) is 28.2. The monoisotopic (exact) mass is 652 g/mol. The van der Waals surface area contributed by atoms with Crippen LogP contribution in [0.2, 0.25) is 0 Å². The molecule has 250 valence electrons. The summed E-state index contributed by atoms with van der Waals surface area (Å²) in [6.07, 6.45) is 1.61. The molecule has 0 saturated carbocycles. The van der Waals surface area contributed by atoms with E-state index in [-0.39, 0.29) is 23.4 Å². The van der Waals surface area contributed by atoms with E-state index in [9.17, 15) is 13.5 Å². The number of benzene rings is 3. The van der Waals surface area contributed by atoms with Gasteiger partial charge in [-0.15, -0.1) is 0 Å². The summed E-state index contributed by atoms with van der Waals surface area (Å²) < 4.78 is 53.3. The van der Waals surface area contributed by atoms with E-state index in [1.54, 1.807) is 37.6 Å². The highest BCUT2D eigenvalue weighted by Gasteiger charge is 2.43. The molecule has 4 atom stereocenters. The van der Waals surface area contributed by atoms with Crippen LogP contribution in [0.15, 0.2) is 71.6 Å². The number of aryl methyl sites for hydroxylation is 1. The zero-order valence-electron chi connectivity index (χ0n) is 27.4. The van der Waals surface area contributed by atoms with Gasteiger partial charge in [-0.1, -0.05) is 35.9 Å². The number of aliphatic hydroxyl groups is 1. The van der Waals surface area contributed by atoms with Crippen LogP contribution in [-0.2, 0) is 26.1 Å². The van der Waals surface area contributed by atoms with E-state index in [4.69, 9.17) is 18.9 Å². The number of hydrogen-bond donors (Lipinski definition) is 1. The minimum absolute atomic E-state index is 0.0547. The number of ether oxygens (including phenoxy) is 4. The van der Waals surface area contributed by atoms with Crippen molar-refractivity contribution in [1.82, 2.24) is 4.31 Å². The number of hydrogen-bond acceptors (Lipinski definition) is 8. The number of aliphatic hydroxyl groups excluding tert-OH is 1. The molecule has 0 bridgehead atoms. The maximum atomic E-state index is 14.2. The van der Waals surface area contributed by atoms with Crippen LogP contribution in [0.3, 0.4) is 0 Å². The highest BCUT2D eigenvalue weighted by Crippen LogP contribution is 2.40. The first-order valence-corrected chi connectivity index (χ1v) is 17.7. The van der Waals surface area contributed by atoms with Crippen molar-refractivity contribution in [3.8, 4) is 11.5 Å². The Balaban J connectivity index is 1.44. The lowest BCUT2D eigenvalue weighted by atomic mass is 9.82. The van der Waals surface area contributed by atoms with Gasteiger partial charge in [-0.25, -0.2) is 8.42 Å². The normalized spacial score (nSPS) is 21.0. The fraction of sp³-hybridized carbons (Fsp3) is 0.500. The van der Waals surface area contributed by atoms with Crippen LogP contribution < -0.4 is 14.4 Å². The van der Waals surface area contributed by atoms with Gasteiger partial charge in [0.1, 0.15) is 18.1 Å². The summed E-state index contributed by atoms with van der Waals surface area (Å²) in [5.74, 6) is 1.57. The average molecular weight is 653 g/mol. The molecular weight excluding hydrogens is 604 g/mol.